The third-order valence-electron chi connectivity index (χ3n) is 2.92. The number of aliphatic hydroxyl groups is 1. The van der Waals surface area contributed by atoms with Crippen molar-refractivity contribution in [2.24, 2.45) is 0 Å². The number of anilines is 2. The minimum absolute atomic E-state index is 0.0283. The van der Waals surface area contributed by atoms with E-state index in [-0.39, 0.29) is 23.3 Å². The van der Waals surface area contributed by atoms with E-state index >= 15 is 0 Å². The van der Waals surface area contributed by atoms with Crippen LogP contribution in [0.4, 0.5) is 17.1 Å². The molecule has 0 aliphatic rings. The summed E-state index contributed by atoms with van der Waals surface area (Å²) in [6.45, 7) is 4.56. The van der Waals surface area contributed by atoms with Gasteiger partial charge in [-0.25, -0.2) is 0 Å². The summed E-state index contributed by atoms with van der Waals surface area (Å²) in [5.74, 6) is 0. The Hall–Kier alpha value is -1.82. The summed E-state index contributed by atoms with van der Waals surface area (Å²) in [5, 5.41) is 26.3. The van der Waals surface area contributed by atoms with Gasteiger partial charge in [-0.2, -0.15) is 0 Å². The van der Waals surface area contributed by atoms with Gasteiger partial charge < -0.3 is 15.7 Å². The molecule has 0 aliphatic carbocycles. The van der Waals surface area contributed by atoms with Crippen LogP contribution in [0.15, 0.2) is 18.2 Å². The van der Waals surface area contributed by atoms with E-state index in [0.29, 0.717) is 24.3 Å². The Morgan fingerprint density at radius 2 is 2.05 bits per heavy atom. The van der Waals surface area contributed by atoms with Gasteiger partial charge in [0.05, 0.1) is 4.92 Å². The predicted octanol–water partition coefficient (Wildman–Crippen LogP) is 2.60. The van der Waals surface area contributed by atoms with Crippen LogP contribution < -0.4 is 10.6 Å². The second-order valence-electron chi connectivity index (χ2n) is 4.25. The molecular formula is C13H21N3O3. The summed E-state index contributed by atoms with van der Waals surface area (Å²) in [7, 11) is 0. The van der Waals surface area contributed by atoms with Crippen molar-refractivity contribution in [1.82, 2.24) is 0 Å². The number of rotatable bonds is 8. The fourth-order valence-corrected chi connectivity index (χ4v) is 1.94. The molecule has 1 aromatic carbocycles. The average molecular weight is 267 g/mol. The van der Waals surface area contributed by atoms with Crippen molar-refractivity contribution in [1.29, 1.82) is 0 Å². The Bertz CT molecular complexity index is 424. The van der Waals surface area contributed by atoms with E-state index < -0.39 is 0 Å². The molecule has 0 spiro atoms. The molecule has 0 saturated heterocycles. The molecule has 0 aromatic heterocycles. The number of nitro groups is 1. The van der Waals surface area contributed by atoms with Gasteiger partial charge in [0.1, 0.15) is 11.4 Å². The van der Waals surface area contributed by atoms with Crippen molar-refractivity contribution >= 4 is 17.1 Å². The highest BCUT2D eigenvalue weighted by atomic mass is 16.6. The Labute approximate surface area is 113 Å². The minimum Gasteiger partial charge on any atom is -0.396 e. The lowest BCUT2D eigenvalue weighted by Gasteiger charge is -2.18. The second kappa shape index (κ2) is 7.58. The van der Waals surface area contributed by atoms with Crippen molar-refractivity contribution in [3.63, 3.8) is 0 Å². The van der Waals surface area contributed by atoms with Crippen LogP contribution in [0.25, 0.3) is 0 Å². The molecule has 1 unspecified atom stereocenters. The summed E-state index contributed by atoms with van der Waals surface area (Å²) in [4.78, 5) is 10.8. The van der Waals surface area contributed by atoms with Crippen molar-refractivity contribution in [2.75, 3.05) is 23.8 Å². The van der Waals surface area contributed by atoms with E-state index in [4.69, 9.17) is 5.11 Å². The molecule has 106 valence electrons. The normalized spacial score (nSPS) is 11.9. The fraction of sp³-hybridized carbons (Fsp3) is 0.538. The molecule has 0 saturated carbocycles. The smallest absolute Gasteiger partial charge is 0.315 e. The molecule has 6 heteroatoms. The van der Waals surface area contributed by atoms with E-state index in [1.165, 1.54) is 0 Å². The van der Waals surface area contributed by atoms with Crippen LogP contribution in [0, 0.1) is 10.1 Å². The monoisotopic (exact) mass is 267 g/mol. The molecule has 1 atom stereocenters. The highest BCUT2D eigenvalue weighted by molar-refractivity contribution is 5.76. The number of nitrogens with one attached hydrogen (secondary N) is 2. The van der Waals surface area contributed by atoms with E-state index in [1.807, 2.05) is 13.8 Å². The number of para-hydroxylation sites is 1. The SMILES string of the molecule is CCNc1cccc(NC(CC)CCO)c1[N+](=O)[O-]. The van der Waals surface area contributed by atoms with E-state index in [0.717, 1.165) is 6.42 Å². The number of hydrogen-bond acceptors (Lipinski definition) is 5. The second-order valence-corrected chi connectivity index (χ2v) is 4.25. The lowest BCUT2D eigenvalue weighted by atomic mass is 10.1. The quantitative estimate of drug-likeness (QED) is 0.498. The Morgan fingerprint density at radius 1 is 1.37 bits per heavy atom. The van der Waals surface area contributed by atoms with Crippen LogP contribution in [0.1, 0.15) is 26.7 Å². The maximum atomic E-state index is 11.2. The van der Waals surface area contributed by atoms with Crippen LogP contribution in [-0.2, 0) is 0 Å². The first kappa shape index (κ1) is 15.2. The number of benzene rings is 1. The van der Waals surface area contributed by atoms with Crippen molar-refractivity contribution in [3.8, 4) is 0 Å². The fourth-order valence-electron chi connectivity index (χ4n) is 1.94. The van der Waals surface area contributed by atoms with Crippen LogP contribution >= 0.6 is 0 Å². The minimum atomic E-state index is -0.383. The largest absolute Gasteiger partial charge is 0.396 e. The van der Waals surface area contributed by atoms with Crippen molar-refractivity contribution in [2.45, 2.75) is 32.7 Å². The first-order valence-electron chi connectivity index (χ1n) is 6.52. The lowest BCUT2D eigenvalue weighted by Crippen LogP contribution is -2.20. The van der Waals surface area contributed by atoms with Gasteiger partial charge in [-0.05, 0) is 31.9 Å². The van der Waals surface area contributed by atoms with Crippen molar-refractivity contribution < 1.29 is 10.0 Å². The van der Waals surface area contributed by atoms with Gasteiger partial charge in [0.15, 0.2) is 0 Å². The number of aliphatic hydroxyl groups excluding tert-OH is 1. The topological polar surface area (TPSA) is 87.4 Å². The van der Waals surface area contributed by atoms with Crippen molar-refractivity contribution in [3.05, 3.63) is 28.3 Å². The average Bonchev–Trinajstić information content (AvgIpc) is 2.38. The summed E-state index contributed by atoms with van der Waals surface area (Å²) in [5.41, 5.74) is 1.06. The van der Waals surface area contributed by atoms with Gasteiger partial charge in [0.2, 0.25) is 0 Å². The van der Waals surface area contributed by atoms with Gasteiger partial charge in [-0.1, -0.05) is 13.0 Å². The third-order valence-corrected chi connectivity index (χ3v) is 2.92. The Morgan fingerprint density at radius 3 is 2.58 bits per heavy atom. The summed E-state index contributed by atoms with van der Waals surface area (Å²) >= 11 is 0. The number of hydrogen-bond donors (Lipinski definition) is 3. The molecule has 0 radical (unpaired) electrons. The first-order chi connectivity index (χ1) is 9.13. The van der Waals surface area contributed by atoms with Crippen LogP contribution in [0.3, 0.4) is 0 Å². The molecule has 19 heavy (non-hydrogen) atoms. The molecular weight excluding hydrogens is 246 g/mol. The lowest BCUT2D eigenvalue weighted by molar-refractivity contribution is -0.383. The highest BCUT2D eigenvalue weighted by Crippen LogP contribution is 2.33. The summed E-state index contributed by atoms with van der Waals surface area (Å²) in [6, 6.07) is 5.19. The zero-order valence-electron chi connectivity index (χ0n) is 11.3. The van der Waals surface area contributed by atoms with Gasteiger partial charge in [0.25, 0.3) is 0 Å². The standard InChI is InChI=1S/C13H21N3O3/c1-3-10(8-9-17)15-12-7-5-6-11(14-4-2)13(12)16(18)19/h5-7,10,14-15,17H,3-4,8-9H2,1-2H3. The first-order valence-corrected chi connectivity index (χ1v) is 6.52. The van der Waals surface area contributed by atoms with Crippen LogP contribution in [-0.4, -0.2) is 29.2 Å². The molecule has 1 rings (SSSR count). The number of nitro benzene ring substituents is 1. The predicted molar refractivity (Wildman–Crippen MR) is 76.7 cm³/mol. The maximum Gasteiger partial charge on any atom is 0.315 e. The number of nitrogens with zero attached hydrogens (tertiary/aromatic N) is 1. The molecule has 1 aromatic rings. The zero-order chi connectivity index (χ0) is 14.3. The molecule has 6 nitrogen and oxygen atoms in total. The molecule has 0 heterocycles. The molecule has 0 bridgehead atoms. The molecule has 0 amide bonds. The van der Waals surface area contributed by atoms with Gasteiger partial charge >= 0.3 is 5.69 Å². The van der Waals surface area contributed by atoms with E-state index in [2.05, 4.69) is 10.6 Å². The summed E-state index contributed by atoms with van der Waals surface area (Å²) < 4.78 is 0. The molecule has 0 fully saturated rings. The van der Waals surface area contributed by atoms with Crippen LogP contribution in [0.5, 0.6) is 0 Å². The van der Waals surface area contributed by atoms with E-state index in [1.54, 1.807) is 18.2 Å². The van der Waals surface area contributed by atoms with Crippen LogP contribution in [0.2, 0.25) is 0 Å². The molecule has 0 aliphatic heterocycles. The summed E-state index contributed by atoms with van der Waals surface area (Å²) in [6.07, 6.45) is 1.36. The zero-order valence-corrected chi connectivity index (χ0v) is 11.3. The van der Waals surface area contributed by atoms with Gasteiger partial charge in [0, 0.05) is 19.2 Å². The highest BCUT2D eigenvalue weighted by Gasteiger charge is 2.20. The van der Waals surface area contributed by atoms with E-state index in [9.17, 15) is 10.1 Å². The van der Waals surface area contributed by atoms with Gasteiger partial charge in [-0.3, -0.25) is 10.1 Å². The maximum absolute atomic E-state index is 11.2. The molecule has 3 N–H and O–H groups in total. The third kappa shape index (κ3) is 4.10. The van der Waals surface area contributed by atoms with Gasteiger partial charge in [-0.15, -0.1) is 0 Å². The Kier molecular flexibility index (Phi) is 6.08. The Balaban J connectivity index is 3.04.